The number of esters is 1. The van der Waals surface area contributed by atoms with Gasteiger partial charge < -0.3 is 9.47 Å². The predicted octanol–water partition coefficient (Wildman–Crippen LogP) is 4.00. The summed E-state index contributed by atoms with van der Waals surface area (Å²) in [6, 6.07) is 8.80. The number of halogens is 2. The molecule has 2 rings (SSSR count). The van der Waals surface area contributed by atoms with Gasteiger partial charge in [-0.3, -0.25) is 4.31 Å². The number of benzene rings is 2. The van der Waals surface area contributed by atoms with Gasteiger partial charge in [0.15, 0.2) is 0 Å². The van der Waals surface area contributed by atoms with Crippen LogP contribution in [-0.4, -0.2) is 35.2 Å². The van der Waals surface area contributed by atoms with E-state index in [2.05, 4.69) is 4.74 Å². The average Bonchev–Trinajstić information content (AvgIpc) is 2.64. The van der Waals surface area contributed by atoms with Crippen LogP contribution < -0.4 is 9.04 Å². The summed E-state index contributed by atoms with van der Waals surface area (Å²) < 4.78 is 37.0. The zero-order chi connectivity index (χ0) is 19.5. The fourth-order valence-corrected chi connectivity index (χ4v) is 4.65. The van der Waals surface area contributed by atoms with E-state index in [0.717, 1.165) is 4.31 Å². The van der Waals surface area contributed by atoms with E-state index in [1.54, 1.807) is 6.92 Å². The zero-order valence-corrected chi connectivity index (χ0v) is 16.7. The van der Waals surface area contributed by atoms with Crippen molar-refractivity contribution in [1.82, 2.24) is 0 Å². The first-order valence-electron chi connectivity index (χ1n) is 7.51. The van der Waals surface area contributed by atoms with Crippen molar-refractivity contribution in [3.8, 4) is 5.75 Å². The highest BCUT2D eigenvalue weighted by atomic mass is 35.5. The van der Waals surface area contributed by atoms with Crippen molar-refractivity contribution < 1.29 is 22.7 Å². The summed E-state index contributed by atoms with van der Waals surface area (Å²) >= 11 is 12.2. The van der Waals surface area contributed by atoms with Crippen LogP contribution in [0.3, 0.4) is 0 Å². The minimum atomic E-state index is -3.98. The van der Waals surface area contributed by atoms with Gasteiger partial charge in [-0.25, -0.2) is 13.2 Å². The molecule has 0 heterocycles. The second kappa shape index (κ2) is 8.16. The first-order valence-corrected chi connectivity index (χ1v) is 9.70. The Morgan fingerprint density at radius 1 is 1.04 bits per heavy atom. The van der Waals surface area contributed by atoms with Crippen molar-refractivity contribution in [2.75, 3.05) is 25.1 Å². The Hall–Kier alpha value is -1.96. The molecule has 0 amide bonds. The largest absolute Gasteiger partial charge is 0.495 e. The Morgan fingerprint density at radius 3 is 2.15 bits per heavy atom. The third-order valence-corrected chi connectivity index (χ3v) is 6.58. The zero-order valence-electron chi connectivity index (χ0n) is 14.3. The molecule has 140 valence electrons. The van der Waals surface area contributed by atoms with Crippen LogP contribution >= 0.6 is 23.2 Å². The van der Waals surface area contributed by atoms with E-state index in [-0.39, 0.29) is 27.2 Å². The van der Waals surface area contributed by atoms with Crippen LogP contribution in [0.25, 0.3) is 0 Å². The van der Waals surface area contributed by atoms with Crippen LogP contribution in [0.1, 0.15) is 17.3 Å². The van der Waals surface area contributed by atoms with E-state index < -0.39 is 16.0 Å². The van der Waals surface area contributed by atoms with E-state index in [4.69, 9.17) is 27.9 Å². The number of hydrogen-bond donors (Lipinski definition) is 0. The summed E-state index contributed by atoms with van der Waals surface area (Å²) in [6.07, 6.45) is 0. The number of nitrogens with zero attached hydrogens (tertiary/aromatic N) is 1. The first kappa shape index (κ1) is 20.4. The highest BCUT2D eigenvalue weighted by Crippen LogP contribution is 2.38. The molecule has 0 N–H and O–H groups in total. The SMILES string of the molecule is CCN(c1ccc(C(=O)OC)cc1)S(=O)(=O)c1ccc(OC)c(Cl)c1Cl. The standard InChI is InChI=1S/C17H17Cl2NO5S/c1-4-20(12-7-5-11(6-8-12)17(21)25-3)26(22,23)14-10-9-13(24-2)15(18)16(14)19/h5-10H,4H2,1-3H3. The molecule has 0 saturated carbocycles. The molecule has 0 bridgehead atoms. The molecule has 9 heteroatoms. The highest BCUT2D eigenvalue weighted by molar-refractivity contribution is 7.93. The molecule has 0 saturated heterocycles. The second-order valence-electron chi connectivity index (χ2n) is 5.10. The number of carbonyl (C=O) groups excluding carboxylic acids is 1. The molecule has 6 nitrogen and oxygen atoms in total. The van der Waals surface area contributed by atoms with E-state index in [9.17, 15) is 13.2 Å². The van der Waals surface area contributed by atoms with Gasteiger partial charge in [0.25, 0.3) is 10.0 Å². The van der Waals surface area contributed by atoms with Crippen molar-refractivity contribution in [2.45, 2.75) is 11.8 Å². The summed E-state index contributed by atoms with van der Waals surface area (Å²) in [5.41, 5.74) is 0.693. The number of sulfonamides is 1. The van der Waals surface area contributed by atoms with Gasteiger partial charge in [0.05, 0.1) is 30.5 Å². The van der Waals surface area contributed by atoms with Gasteiger partial charge in [0.1, 0.15) is 15.7 Å². The van der Waals surface area contributed by atoms with E-state index >= 15 is 0 Å². The van der Waals surface area contributed by atoms with E-state index in [1.165, 1.54) is 50.6 Å². The van der Waals surface area contributed by atoms with Gasteiger partial charge in [-0.1, -0.05) is 23.2 Å². The van der Waals surface area contributed by atoms with Gasteiger partial charge in [-0.2, -0.15) is 0 Å². The number of anilines is 1. The van der Waals surface area contributed by atoms with Crippen LogP contribution in [0.5, 0.6) is 5.75 Å². The number of rotatable bonds is 6. The van der Waals surface area contributed by atoms with Gasteiger partial charge in [-0.05, 0) is 43.3 Å². The molecule has 0 fully saturated rings. The summed E-state index contributed by atoms with van der Waals surface area (Å²) in [6.45, 7) is 1.84. The minimum absolute atomic E-state index is 0.0207. The molecule has 0 aliphatic heterocycles. The maximum atomic E-state index is 13.1. The molecular weight excluding hydrogens is 401 g/mol. The molecule has 0 unspecified atom stereocenters. The predicted molar refractivity (Wildman–Crippen MR) is 101 cm³/mol. The molecule has 0 aliphatic carbocycles. The van der Waals surface area contributed by atoms with Crippen LogP contribution in [0.2, 0.25) is 10.0 Å². The molecule has 0 radical (unpaired) electrons. The third kappa shape index (κ3) is 3.75. The molecule has 0 atom stereocenters. The smallest absolute Gasteiger partial charge is 0.337 e. The van der Waals surface area contributed by atoms with Crippen LogP contribution in [-0.2, 0) is 14.8 Å². The van der Waals surface area contributed by atoms with Crippen molar-refractivity contribution in [3.63, 3.8) is 0 Å². The van der Waals surface area contributed by atoms with Crippen LogP contribution in [0.4, 0.5) is 5.69 Å². The topological polar surface area (TPSA) is 72.9 Å². The number of carbonyl (C=O) groups is 1. The van der Waals surface area contributed by atoms with Crippen molar-refractivity contribution >= 4 is 44.9 Å². The summed E-state index contributed by atoms with van der Waals surface area (Å²) in [4.78, 5) is 11.4. The molecule has 0 spiro atoms. The number of methoxy groups -OCH3 is 2. The number of hydrogen-bond acceptors (Lipinski definition) is 5. The molecular formula is C17H17Cl2NO5S. The van der Waals surface area contributed by atoms with Crippen molar-refractivity contribution in [3.05, 3.63) is 52.0 Å². The lowest BCUT2D eigenvalue weighted by atomic mass is 10.2. The monoisotopic (exact) mass is 417 g/mol. The van der Waals surface area contributed by atoms with Crippen molar-refractivity contribution in [2.24, 2.45) is 0 Å². The summed E-state index contributed by atoms with van der Waals surface area (Å²) in [5, 5.41) is -0.0945. The third-order valence-electron chi connectivity index (χ3n) is 3.66. The first-order chi connectivity index (χ1) is 12.3. The average molecular weight is 418 g/mol. The lowest BCUT2D eigenvalue weighted by molar-refractivity contribution is 0.0601. The van der Waals surface area contributed by atoms with Gasteiger partial charge in [0.2, 0.25) is 0 Å². The summed E-state index contributed by atoms with van der Waals surface area (Å²) in [5.74, 6) is -0.228. The van der Waals surface area contributed by atoms with Gasteiger partial charge in [-0.15, -0.1) is 0 Å². The van der Waals surface area contributed by atoms with Crippen LogP contribution in [0.15, 0.2) is 41.3 Å². The molecule has 2 aromatic carbocycles. The molecule has 0 aliphatic rings. The Kier molecular flexibility index (Phi) is 6.39. The van der Waals surface area contributed by atoms with E-state index in [0.29, 0.717) is 11.3 Å². The quantitative estimate of drug-likeness (QED) is 0.663. The molecule has 0 aromatic heterocycles. The van der Waals surface area contributed by atoms with E-state index in [1.807, 2.05) is 0 Å². The fourth-order valence-electron chi connectivity index (χ4n) is 2.36. The molecule has 2 aromatic rings. The minimum Gasteiger partial charge on any atom is -0.495 e. The molecule has 26 heavy (non-hydrogen) atoms. The van der Waals surface area contributed by atoms with Gasteiger partial charge >= 0.3 is 5.97 Å². The second-order valence-corrected chi connectivity index (χ2v) is 7.69. The van der Waals surface area contributed by atoms with Gasteiger partial charge in [0, 0.05) is 6.54 Å². The number of ether oxygens (including phenoxy) is 2. The lowest BCUT2D eigenvalue weighted by Crippen LogP contribution is -2.31. The Bertz CT molecular complexity index is 913. The Balaban J connectivity index is 2.49. The summed E-state index contributed by atoms with van der Waals surface area (Å²) in [7, 11) is -1.29. The normalized spacial score (nSPS) is 11.1. The Labute approximate surface area is 162 Å². The maximum absolute atomic E-state index is 13.1. The maximum Gasteiger partial charge on any atom is 0.337 e. The van der Waals surface area contributed by atoms with Crippen LogP contribution in [0, 0.1) is 0 Å². The Morgan fingerprint density at radius 2 is 1.65 bits per heavy atom. The fraction of sp³-hybridized carbons (Fsp3) is 0.235. The highest BCUT2D eigenvalue weighted by Gasteiger charge is 2.28. The lowest BCUT2D eigenvalue weighted by Gasteiger charge is -2.24. The van der Waals surface area contributed by atoms with Crippen molar-refractivity contribution in [1.29, 1.82) is 0 Å².